The summed E-state index contributed by atoms with van der Waals surface area (Å²) in [4.78, 5) is 0. The van der Waals surface area contributed by atoms with Crippen LogP contribution in [0.5, 0.6) is 0 Å². The third kappa shape index (κ3) is 1.91. The molecule has 0 saturated heterocycles. The van der Waals surface area contributed by atoms with Crippen molar-refractivity contribution in [3.63, 3.8) is 0 Å². The molecule has 0 heterocycles. The van der Waals surface area contributed by atoms with E-state index < -0.39 is 0 Å². The molecule has 60 valence electrons. The summed E-state index contributed by atoms with van der Waals surface area (Å²) in [6, 6.07) is 0. The molecule has 1 aliphatic rings. The molecule has 3 nitrogen and oxygen atoms in total. The van der Waals surface area contributed by atoms with Gasteiger partial charge in [-0.3, -0.25) is 5.41 Å². The van der Waals surface area contributed by atoms with Crippen LogP contribution in [0.15, 0.2) is 23.8 Å². The summed E-state index contributed by atoms with van der Waals surface area (Å²) < 4.78 is 0. The lowest BCUT2D eigenvalue weighted by molar-refractivity contribution is 0.838. The van der Waals surface area contributed by atoms with Gasteiger partial charge in [0.05, 0.1) is 5.84 Å². The van der Waals surface area contributed by atoms with Gasteiger partial charge in [-0.2, -0.15) is 0 Å². The summed E-state index contributed by atoms with van der Waals surface area (Å²) in [5.41, 5.74) is 11.9. The maximum Gasteiger partial charge on any atom is 0.0978 e. The number of amidine groups is 1. The van der Waals surface area contributed by atoms with Crippen molar-refractivity contribution in [2.24, 2.45) is 17.4 Å². The molecular weight excluding hydrogens is 138 g/mol. The number of rotatable bonds is 2. The maximum atomic E-state index is 7.18. The molecule has 3 heteroatoms. The average Bonchev–Trinajstić information content (AvgIpc) is 2.05. The summed E-state index contributed by atoms with van der Waals surface area (Å²) in [7, 11) is 0. The third-order valence-electron chi connectivity index (χ3n) is 1.81. The van der Waals surface area contributed by atoms with E-state index in [0.29, 0.717) is 6.54 Å². The second-order valence-corrected chi connectivity index (χ2v) is 2.64. The molecule has 0 aliphatic heterocycles. The zero-order valence-corrected chi connectivity index (χ0v) is 6.38. The van der Waals surface area contributed by atoms with E-state index in [1.165, 1.54) is 0 Å². The van der Waals surface area contributed by atoms with E-state index in [4.69, 9.17) is 16.9 Å². The van der Waals surface area contributed by atoms with Gasteiger partial charge in [0.25, 0.3) is 0 Å². The molecule has 0 aromatic heterocycles. The number of allylic oxidation sites excluding steroid dienone is 1. The molecule has 1 aliphatic carbocycles. The largest absolute Gasteiger partial charge is 0.387 e. The Hall–Kier alpha value is -1.09. The number of hydrogen-bond acceptors (Lipinski definition) is 2. The van der Waals surface area contributed by atoms with E-state index in [1.807, 2.05) is 18.2 Å². The fraction of sp³-hybridized carbons (Fsp3) is 0.375. The van der Waals surface area contributed by atoms with Crippen molar-refractivity contribution in [1.82, 2.24) is 0 Å². The molecule has 0 spiro atoms. The molecule has 5 N–H and O–H groups in total. The predicted octanol–water partition coefficient (Wildman–Crippen LogP) is 0.384. The first kappa shape index (κ1) is 8.01. The summed E-state index contributed by atoms with van der Waals surface area (Å²) in [5, 5.41) is 7.18. The lowest BCUT2D eigenvalue weighted by Gasteiger charge is -2.13. The van der Waals surface area contributed by atoms with Crippen LogP contribution in [0.4, 0.5) is 0 Å². The quantitative estimate of drug-likeness (QED) is 0.394. The molecule has 0 amide bonds. The Balaban J connectivity index is 2.57. The molecule has 1 rings (SSSR count). The second-order valence-electron chi connectivity index (χ2n) is 2.64. The van der Waals surface area contributed by atoms with Gasteiger partial charge in [-0.05, 0) is 12.0 Å². The first-order valence-electron chi connectivity index (χ1n) is 3.65. The number of nitrogens with two attached hydrogens (primary N) is 2. The number of hydrogen-bond donors (Lipinski definition) is 3. The van der Waals surface area contributed by atoms with E-state index in [-0.39, 0.29) is 11.8 Å². The van der Waals surface area contributed by atoms with Gasteiger partial charge in [-0.1, -0.05) is 18.2 Å². The van der Waals surface area contributed by atoms with Gasteiger partial charge in [-0.15, -0.1) is 0 Å². The summed E-state index contributed by atoms with van der Waals surface area (Å²) >= 11 is 0. The smallest absolute Gasteiger partial charge is 0.0978 e. The van der Waals surface area contributed by atoms with Gasteiger partial charge >= 0.3 is 0 Å². The molecule has 0 aromatic rings. The van der Waals surface area contributed by atoms with Gasteiger partial charge in [0.2, 0.25) is 0 Å². The van der Waals surface area contributed by atoms with Gasteiger partial charge in [0.1, 0.15) is 0 Å². The Morgan fingerprint density at radius 2 is 2.45 bits per heavy atom. The van der Waals surface area contributed by atoms with Crippen molar-refractivity contribution < 1.29 is 0 Å². The molecule has 0 bridgehead atoms. The fourth-order valence-electron chi connectivity index (χ4n) is 1.05. The summed E-state index contributed by atoms with van der Waals surface area (Å²) in [6.45, 7) is 0.571. The standard InChI is InChI=1S/C8H13N3/c9-5-6-1-3-7(4-2-6)8(10)11/h1-3,7H,4-5,9H2,(H3,10,11). The van der Waals surface area contributed by atoms with Crippen molar-refractivity contribution in [3.8, 4) is 0 Å². The minimum absolute atomic E-state index is 0.0882. The van der Waals surface area contributed by atoms with Crippen molar-refractivity contribution in [3.05, 3.63) is 23.8 Å². The number of nitrogens with one attached hydrogen (secondary N) is 1. The summed E-state index contributed by atoms with van der Waals surface area (Å²) in [6.07, 6.45) is 6.73. The molecule has 11 heavy (non-hydrogen) atoms. The van der Waals surface area contributed by atoms with Crippen molar-refractivity contribution in [1.29, 1.82) is 5.41 Å². The van der Waals surface area contributed by atoms with E-state index in [0.717, 1.165) is 12.0 Å². The lowest BCUT2D eigenvalue weighted by Crippen LogP contribution is -2.21. The van der Waals surface area contributed by atoms with Crippen LogP contribution < -0.4 is 11.5 Å². The minimum atomic E-state index is 0.0882. The minimum Gasteiger partial charge on any atom is -0.387 e. The SMILES string of the molecule is N=C(N)C1C=CC(CN)=CC1. The Morgan fingerprint density at radius 3 is 2.82 bits per heavy atom. The zero-order valence-electron chi connectivity index (χ0n) is 6.38. The Morgan fingerprint density at radius 1 is 1.73 bits per heavy atom. The van der Waals surface area contributed by atoms with Crippen LogP contribution in [0, 0.1) is 11.3 Å². The molecule has 0 aromatic carbocycles. The zero-order chi connectivity index (χ0) is 8.27. The Labute approximate surface area is 66.3 Å². The Kier molecular flexibility index (Phi) is 2.44. The predicted molar refractivity (Wildman–Crippen MR) is 46.3 cm³/mol. The van der Waals surface area contributed by atoms with Gasteiger partial charge < -0.3 is 11.5 Å². The third-order valence-corrected chi connectivity index (χ3v) is 1.81. The van der Waals surface area contributed by atoms with E-state index in [2.05, 4.69) is 0 Å². The normalized spacial score (nSPS) is 23.0. The summed E-state index contributed by atoms with van der Waals surface area (Å²) in [5.74, 6) is 0.318. The fourth-order valence-corrected chi connectivity index (χ4v) is 1.05. The highest BCUT2D eigenvalue weighted by atomic mass is 14.7. The van der Waals surface area contributed by atoms with Gasteiger partial charge in [0, 0.05) is 12.5 Å². The van der Waals surface area contributed by atoms with E-state index in [1.54, 1.807) is 0 Å². The van der Waals surface area contributed by atoms with Crippen LogP contribution in [0.2, 0.25) is 0 Å². The van der Waals surface area contributed by atoms with Crippen LogP contribution in [-0.2, 0) is 0 Å². The highest BCUT2D eigenvalue weighted by molar-refractivity contribution is 5.81. The molecule has 1 atom stereocenters. The highest BCUT2D eigenvalue weighted by Crippen LogP contribution is 2.14. The van der Waals surface area contributed by atoms with Crippen LogP contribution in [0.3, 0.4) is 0 Å². The van der Waals surface area contributed by atoms with Crippen molar-refractivity contribution >= 4 is 5.84 Å². The highest BCUT2D eigenvalue weighted by Gasteiger charge is 2.09. The van der Waals surface area contributed by atoms with Crippen LogP contribution in [0.1, 0.15) is 6.42 Å². The molecule has 0 fully saturated rings. The van der Waals surface area contributed by atoms with Crippen LogP contribution in [0.25, 0.3) is 0 Å². The molecule has 0 saturated carbocycles. The van der Waals surface area contributed by atoms with Crippen LogP contribution >= 0.6 is 0 Å². The molecule has 0 radical (unpaired) electrons. The van der Waals surface area contributed by atoms with Gasteiger partial charge in [-0.25, -0.2) is 0 Å². The average molecular weight is 151 g/mol. The molecular formula is C8H13N3. The first-order chi connectivity index (χ1) is 5.24. The lowest BCUT2D eigenvalue weighted by atomic mass is 9.96. The van der Waals surface area contributed by atoms with E-state index in [9.17, 15) is 0 Å². The topological polar surface area (TPSA) is 75.9 Å². The van der Waals surface area contributed by atoms with Crippen LogP contribution in [-0.4, -0.2) is 12.4 Å². The van der Waals surface area contributed by atoms with E-state index >= 15 is 0 Å². The maximum absolute atomic E-state index is 7.18. The molecule has 1 unspecified atom stereocenters. The Bertz CT molecular complexity index is 215. The van der Waals surface area contributed by atoms with Gasteiger partial charge in [0.15, 0.2) is 0 Å². The van der Waals surface area contributed by atoms with Crippen molar-refractivity contribution in [2.75, 3.05) is 6.54 Å². The second kappa shape index (κ2) is 3.34. The van der Waals surface area contributed by atoms with Crippen molar-refractivity contribution in [2.45, 2.75) is 6.42 Å². The first-order valence-corrected chi connectivity index (χ1v) is 3.65. The monoisotopic (exact) mass is 151 g/mol.